The number of anilines is 1. The van der Waals surface area contributed by atoms with Crippen molar-refractivity contribution in [2.75, 3.05) is 11.9 Å². The second kappa shape index (κ2) is 9.86. The molecule has 7 nitrogen and oxygen atoms in total. The van der Waals surface area contributed by atoms with Crippen molar-refractivity contribution in [3.8, 4) is 0 Å². The normalized spacial score (nSPS) is 13.6. The first-order chi connectivity index (χ1) is 14.4. The van der Waals surface area contributed by atoms with Gasteiger partial charge in [0.15, 0.2) is 0 Å². The zero-order valence-electron chi connectivity index (χ0n) is 16.9. The van der Waals surface area contributed by atoms with Crippen LogP contribution < -0.4 is 10.0 Å². The van der Waals surface area contributed by atoms with Crippen LogP contribution in [0, 0.1) is 0 Å². The minimum Gasteiger partial charge on any atom is -0.466 e. The molecule has 1 aliphatic rings. The molecule has 8 heteroatoms. The maximum absolute atomic E-state index is 12.2. The van der Waals surface area contributed by atoms with E-state index in [0.717, 1.165) is 24.0 Å². The van der Waals surface area contributed by atoms with Gasteiger partial charge in [0, 0.05) is 18.2 Å². The number of ether oxygens (including phenoxy) is 1. The van der Waals surface area contributed by atoms with Crippen LogP contribution in [0.4, 0.5) is 5.69 Å². The highest BCUT2D eigenvalue weighted by atomic mass is 32.2. The van der Waals surface area contributed by atoms with E-state index in [2.05, 4.69) is 10.0 Å². The van der Waals surface area contributed by atoms with Crippen LogP contribution in [0.25, 0.3) is 0 Å². The first-order valence-corrected chi connectivity index (χ1v) is 11.5. The molecule has 0 heterocycles. The Labute approximate surface area is 176 Å². The molecule has 1 aliphatic carbocycles. The molecule has 0 aromatic heterocycles. The van der Waals surface area contributed by atoms with Crippen LogP contribution in [0.2, 0.25) is 0 Å². The van der Waals surface area contributed by atoms with Crippen molar-refractivity contribution in [2.45, 2.75) is 50.0 Å². The summed E-state index contributed by atoms with van der Waals surface area (Å²) in [4.78, 5) is 23.9. The average molecular weight is 431 g/mol. The van der Waals surface area contributed by atoms with Crippen molar-refractivity contribution in [2.24, 2.45) is 0 Å². The van der Waals surface area contributed by atoms with Gasteiger partial charge in [-0.25, -0.2) is 13.1 Å². The molecule has 1 fully saturated rings. The number of carbonyl (C=O) groups is 2. The first kappa shape index (κ1) is 22.0. The Bertz CT molecular complexity index is 981. The molecule has 30 heavy (non-hydrogen) atoms. The van der Waals surface area contributed by atoms with Crippen molar-refractivity contribution in [3.05, 3.63) is 59.7 Å². The summed E-state index contributed by atoms with van der Waals surface area (Å²) in [5.74, 6) is -0.420. The summed E-state index contributed by atoms with van der Waals surface area (Å²) in [6, 6.07) is 13.7. The van der Waals surface area contributed by atoms with E-state index in [9.17, 15) is 18.0 Å². The summed E-state index contributed by atoms with van der Waals surface area (Å²) in [5.41, 5.74) is 2.36. The lowest BCUT2D eigenvalue weighted by molar-refractivity contribution is -0.142. The molecule has 0 radical (unpaired) electrons. The van der Waals surface area contributed by atoms with Crippen LogP contribution in [0.5, 0.6) is 0 Å². The van der Waals surface area contributed by atoms with Crippen molar-refractivity contribution in [3.63, 3.8) is 0 Å². The number of hydrogen-bond donors (Lipinski definition) is 2. The predicted octanol–water partition coefficient (Wildman–Crippen LogP) is 2.80. The van der Waals surface area contributed by atoms with Gasteiger partial charge >= 0.3 is 5.97 Å². The molecule has 2 aromatic carbocycles. The monoisotopic (exact) mass is 430 g/mol. The molecule has 1 saturated carbocycles. The Hall–Kier alpha value is -2.71. The first-order valence-electron chi connectivity index (χ1n) is 10.0. The molecular weight excluding hydrogens is 404 g/mol. The molecule has 1 amide bonds. The van der Waals surface area contributed by atoms with Gasteiger partial charge in [0.1, 0.15) is 0 Å². The van der Waals surface area contributed by atoms with Crippen LogP contribution in [-0.4, -0.2) is 32.9 Å². The predicted molar refractivity (Wildman–Crippen MR) is 114 cm³/mol. The van der Waals surface area contributed by atoms with Gasteiger partial charge in [-0.15, -0.1) is 0 Å². The molecule has 0 saturated heterocycles. The second-order valence-electron chi connectivity index (χ2n) is 7.27. The molecule has 0 bridgehead atoms. The van der Waals surface area contributed by atoms with Gasteiger partial charge in [0.05, 0.1) is 17.9 Å². The largest absolute Gasteiger partial charge is 0.466 e. The Morgan fingerprint density at radius 3 is 2.23 bits per heavy atom. The molecule has 2 N–H and O–H groups in total. The van der Waals surface area contributed by atoms with E-state index in [1.807, 2.05) is 0 Å². The summed E-state index contributed by atoms with van der Waals surface area (Å²) >= 11 is 0. The van der Waals surface area contributed by atoms with Gasteiger partial charge in [-0.2, -0.15) is 0 Å². The minimum absolute atomic E-state index is 0.0672. The maximum atomic E-state index is 12.2. The summed E-state index contributed by atoms with van der Waals surface area (Å²) < 4.78 is 31.9. The zero-order chi connectivity index (χ0) is 21.6. The lowest BCUT2D eigenvalue weighted by Gasteiger charge is -2.08. The van der Waals surface area contributed by atoms with E-state index in [1.165, 1.54) is 0 Å². The number of hydrogen-bond acceptors (Lipinski definition) is 5. The number of nitrogens with one attached hydrogen (secondary N) is 2. The molecule has 3 rings (SSSR count). The Kier molecular flexibility index (Phi) is 7.23. The number of carbonyl (C=O) groups excluding carboxylic acids is 2. The lowest BCUT2D eigenvalue weighted by atomic mass is 10.1. The third-order valence-electron chi connectivity index (χ3n) is 4.67. The molecule has 0 spiro atoms. The molecule has 160 valence electrons. The fraction of sp³-hybridized carbons (Fsp3) is 0.364. The van der Waals surface area contributed by atoms with Crippen molar-refractivity contribution < 1.29 is 22.7 Å². The van der Waals surface area contributed by atoms with Gasteiger partial charge in [0.2, 0.25) is 15.9 Å². The second-order valence-corrected chi connectivity index (χ2v) is 8.98. The van der Waals surface area contributed by atoms with E-state index < -0.39 is 10.0 Å². The zero-order valence-corrected chi connectivity index (χ0v) is 17.7. The smallest absolute Gasteiger partial charge is 0.310 e. The highest BCUT2D eigenvalue weighted by molar-refractivity contribution is 7.89. The molecule has 0 atom stereocenters. The third-order valence-corrected chi connectivity index (χ3v) is 6.20. The van der Waals surface area contributed by atoms with Gasteiger partial charge < -0.3 is 10.1 Å². The molecular formula is C22H26N2O5S. The summed E-state index contributed by atoms with van der Waals surface area (Å²) in [7, 11) is -3.46. The number of benzene rings is 2. The number of sulfonamides is 1. The number of rotatable bonds is 10. The highest BCUT2D eigenvalue weighted by Crippen LogP contribution is 2.22. The quantitative estimate of drug-likeness (QED) is 0.565. The lowest BCUT2D eigenvalue weighted by Crippen LogP contribution is -2.25. The number of esters is 1. The summed E-state index contributed by atoms with van der Waals surface area (Å²) in [6.45, 7) is 2.11. The van der Waals surface area contributed by atoms with Gasteiger partial charge in [0.25, 0.3) is 0 Å². The van der Waals surface area contributed by atoms with Crippen LogP contribution in [0.15, 0.2) is 53.4 Å². The fourth-order valence-corrected chi connectivity index (χ4v) is 4.19. The van der Waals surface area contributed by atoms with Crippen molar-refractivity contribution >= 4 is 27.6 Å². The topological polar surface area (TPSA) is 102 Å². The third kappa shape index (κ3) is 6.67. The van der Waals surface area contributed by atoms with Gasteiger partial charge in [-0.1, -0.05) is 24.3 Å². The van der Waals surface area contributed by atoms with Crippen LogP contribution >= 0.6 is 0 Å². The van der Waals surface area contributed by atoms with Crippen LogP contribution in [0.1, 0.15) is 37.3 Å². The van der Waals surface area contributed by atoms with Gasteiger partial charge in [-0.05, 0) is 61.6 Å². The minimum atomic E-state index is -3.46. The summed E-state index contributed by atoms with van der Waals surface area (Å²) in [6.07, 6.45) is 2.76. The Morgan fingerprint density at radius 1 is 1.00 bits per heavy atom. The van der Waals surface area contributed by atoms with E-state index in [-0.39, 0.29) is 35.7 Å². The van der Waals surface area contributed by atoms with E-state index in [1.54, 1.807) is 55.5 Å². The van der Waals surface area contributed by atoms with E-state index in [4.69, 9.17) is 4.74 Å². The van der Waals surface area contributed by atoms with Gasteiger partial charge in [-0.3, -0.25) is 9.59 Å². The fourth-order valence-electron chi connectivity index (χ4n) is 2.89. The SMILES string of the molecule is CCOC(=O)Cc1ccc(NC(=O)CCc2ccc(S(=O)(=O)NC3CC3)cc2)cc1. The Balaban J connectivity index is 1.46. The maximum Gasteiger partial charge on any atom is 0.310 e. The van der Waals surface area contributed by atoms with Crippen molar-refractivity contribution in [1.82, 2.24) is 4.72 Å². The average Bonchev–Trinajstić information content (AvgIpc) is 3.52. The Morgan fingerprint density at radius 2 is 1.63 bits per heavy atom. The van der Waals surface area contributed by atoms with E-state index >= 15 is 0 Å². The molecule has 0 aliphatic heterocycles. The van der Waals surface area contributed by atoms with Crippen molar-refractivity contribution in [1.29, 1.82) is 0 Å². The number of aryl methyl sites for hydroxylation is 1. The molecule has 2 aromatic rings. The standard InChI is InChI=1S/C22H26N2O5S/c1-2-29-22(26)15-17-3-8-18(9-4-17)23-21(25)14-7-16-5-12-20(13-6-16)30(27,28)24-19-10-11-19/h3-6,8-9,12-13,19,24H,2,7,10-11,14-15H2,1H3,(H,23,25). The van der Waals surface area contributed by atoms with Crippen LogP contribution in [0.3, 0.4) is 0 Å². The molecule has 0 unspecified atom stereocenters. The van der Waals surface area contributed by atoms with E-state index in [0.29, 0.717) is 18.7 Å². The van der Waals surface area contributed by atoms with Crippen LogP contribution in [-0.2, 0) is 37.2 Å². The summed E-state index contributed by atoms with van der Waals surface area (Å²) in [5, 5.41) is 2.82. The highest BCUT2D eigenvalue weighted by Gasteiger charge is 2.27. The number of amides is 1.